The number of carbonyl (C=O) groups excluding carboxylic acids is 1. The van der Waals surface area contributed by atoms with Gasteiger partial charge in [-0.3, -0.25) is 4.79 Å². The number of rotatable bonds is 3. The first-order valence-corrected chi connectivity index (χ1v) is 11.4. The molecule has 7 rings (SSSR count). The van der Waals surface area contributed by atoms with Crippen molar-refractivity contribution in [1.29, 1.82) is 0 Å². The molecule has 10 heteroatoms. The number of ether oxygens (including phenoxy) is 3. The highest BCUT2D eigenvalue weighted by molar-refractivity contribution is 5.91. The average Bonchev–Trinajstić information content (AvgIpc) is 3.48. The molecule has 180 valence electrons. The van der Waals surface area contributed by atoms with E-state index >= 15 is 0 Å². The number of hydrogen-bond donors (Lipinski definition) is 3. The molecule has 5 heterocycles. The molecule has 36 heavy (non-hydrogen) atoms. The average molecular weight is 484 g/mol. The zero-order valence-electron chi connectivity index (χ0n) is 18.9. The molecule has 3 aliphatic heterocycles. The van der Waals surface area contributed by atoms with Crippen molar-refractivity contribution < 1.29 is 24.1 Å². The van der Waals surface area contributed by atoms with E-state index in [0.717, 1.165) is 22.2 Å². The van der Waals surface area contributed by atoms with Gasteiger partial charge in [0.2, 0.25) is 6.79 Å². The molecule has 3 aliphatic rings. The number of nitrogens with two attached hydrogens (primary N) is 1. The quantitative estimate of drug-likeness (QED) is 0.260. The number of aliphatic hydroxyl groups is 1. The second-order valence-corrected chi connectivity index (χ2v) is 8.98. The van der Waals surface area contributed by atoms with Gasteiger partial charge in [0, 0.05) is 40.5 Å². The summed E-state index contributed by atoms with van der Waals surface area (Å²) in [5.74, 6) is 0.476. The van der Waals surface area contributed by atoms with Crippen molar-refractivity contribution in [3.8, 4) is 22.9 Å². The van der Waals surface area contributed by atoms with Crippen molar-refractivity contribution in [3.05, 3.63) is 75.1 Å². The topological polar surface area (TPSA) is 138 Å². The van der Waals surface area contributed by atoms with Crippen LogP contribution in [0.2, 0.25) is 0 Å². The number of carbonyl (C=O) groups is 1. The molecule has 2 aromatic heterocycles. The van der Waals surface area contributed by atoms with Crippen LogP contribution in [-0.4, -0.2) is 27.4 Å². The summed E-state index contributed by atoms with van der Waals surface area (Å²) < 4.78 is 17.8. The molecule has 0 saturated heterocycles. The fourth-order valence-corrected chi connectivity index (χ4v) is 5.09. The molecule has 4 aromatic rings. The Labute approximate surface area is 203 Å². The number of fused-ring (bicyclic) bond motifs is 6. The summed E-state index contributed by atoms with van der Waals surface area (Å²) in [6, 6.07) is 12.9. The highest BCUT2D eigenvalue weighted by Crippen LogP contribution is 2.42. The SMILES string of the molecule is Nc1ccc(NCc2c3c(nc4cc5c(cc24)OCO5)-c2cc4c(c(=O)n2C3)COC(=O)[C@H]4O)cc1. The van der Waals surface area contributed by atoms with Crippen molar-refractivity contribution in [2.75, 3.05) is 17.8 Å². The van der Waals surface area contributed by atoms with Crippen LogP contribution in [0.15, 0.2) is 47.3 Å². The number of pyridine rings is 2. The van der Waals surface area contributed by atoms with Crippen LogP contribution in [0, 0.1) is 0 Å². The van der Waals surface area contributed by atoms with E-state index in [2.05, 4.69) is 5.32 Å². The molecule has 0 spiro atoms. The molecule has 0 saturated carbocycles. The van der Waals surface area contributed by atoms with Crippen LogP contribution in [0.4, 0.5) is 11.4 Å². The highest BCUT2D eigenvalue weighted by Gasteiger charge is 2.35. The fourth-order valence-electron chi connectivity index (χ4n) is 5.09. The summed E-state index contributed by atoms with van der Waals surface area (Å²) in [7, 11) is 0. The molecule has 0 bridgehead atoms. The lowest BCUT2D eigenvalue weighted by Crippen LogP contribution is -2.32. The molecule has 0 fully saturated rings. The van der Waals surface area contributed by atoms with Gasteiger partial charge in [-0.1, -0.05) is 0 Å². The number of aromatic nitrogens is 2. The van der Waals surface area contributed by atoms with Gasteiger partial charge in [-0.2, -0.15) is 0 Å². The first-order chi connectivity index (χ1) is 17.5. The minimum Gasteiger partial charge on any atom is -0.458 e. The van der Waals surface area contributed by atoms with Crippen LogP contribution in [0.1, 0.15) is 28.4 Å². The molecular formula is C26H20N4O6. The van der Waals surface area contributed by atoms with Gasteiger partial charge in [-0.05, 0) is 42.0 Å². The van der Waals surface area contributed by atoms with E-state index in [0.29, 0.717) is 47.2 Å². The van der Waals surface area contributed by atoms with Crippen LogP contribution < -0.4 is 26.1 Å². The Balaban J connectivity index is 1.42. The van der Waals surface area contributed by atoms with Crippen molar-refractivity contribution in [1.82, 2.24) is 9.55 Å². The van der Waals surface area contributed by atoms with E-state index in [1.54, 1.807) is 10.6 Å². The summed E-state index contributed by atoms with van der Waals surface area (Å²) >= 11 is 0. The number of aliphatic hydroxyl groups excluding tert-OH is 1. The minimum absolute atomic E-state index is 0.142. The smallest absolute Gasteiger partial charge is 0.340 e. The molecule has 2 aromatic carbocycles. The Hall–Kier alpha value is -4.57. The summed E-state index contributed by atoms with van der Waals surface area (Å²) in [6.07, 6.45) is -1.50. The van der Waals surface area contributed by atoms with Gasteiger partial charge in [-0.15, -0.1) is 0 Å². The van der Waals surface area contributed by atoms with Crippen LogP contribution in [0.25, 0.3) is 22.3 Å². The van der Waals surface area contributed by atoms with E-state index in [1.165, 1.54) is 0 Å². The third-order valence-corrected chi connectivity index (χ3v) is 6.95. The summed E-state index contributed by atoms with van der Waals surface area (Å²) in [5.41, 5.74) is 11.3. The highest BCUT2D eigenvalue weighted by atomic mass is 16.7. The predicted octanol–water partition coefficient (Wildman–Crippen LogP) is 2.44. The van der Waals surface area contributed by atoms with Crippen LogP contribution in [-0.2, 0) is 29.2 Å². The van der Waals surface area contributed by atoms with Crippen molar-refractivity contribution in [2.45, 2.75) is 25.8 Å². The Morgan fingerprint density at radius 2 is 1.83 bits per heavy atom. The number of benzene rings is 2. The van der Waals surface area contributed by atoms with Crippen LogP contribution in [0.3, 0.4) is 0 Å². The number of cyclic esters (lactones) is 1. The lowest BCUT2D eigenvalue weighted by atomic mass is 9.98. The minimum atomic E-state index is -1.50. The van der Waals surface area contributed by atoms with Crippen LogP contribution >= 0.6 is 0 Å². The zero-order valence-corrected chi connectivity index (χ0v) is 18.9. The maximum Gasteiger partial charge on any atom is 0.340 e. The maximum absolute atomic E-state index is 13.4. The molecule has 4 N–H and O–H groups in total. The lowest BCUT2D eigenvalue weighted by Gasteiger charge is -2.21. The fraction of sp³-hybridized carbons (Fsp3) is 0.192. The number of hydrogen-bond acceptors (Lipinski definition) is 9. The zero-order chi connectivity index (χ0) is 24.6. The molecule has 0 radical (unpaired) electrons. The monoisotopic (exact) mass is 484 g/mol. The Bertz CT molecular complexity index is 1660. The number of nitrogens with one attached hydrogen (secondary N) is 1. The normalized spacial score (nSPS) is 16.9. The van der Waals surface area contributed by atoms with E-state index in [1.807, 2.05) is 36.4 Å². The number of nitrogens with zero attached hydrogens (tertiary/aromatic N) is 2. The molecule has 0 amide bonds. The number of nitrogen functional groups attached to an aromatic ring is 1. The van der Waals surface area contributed by atoms with Crippen molar-refractivity contribution in [2.24, 2.45) is 0 Å². The Morgan fingerprint density at radius 3 is 2.64 bits per heavy atom. The van der Waals surface area contributed by atoms with E-state index < -0.39 is 12.1 Å². The first-order valence-electron chi connectivity index (χ1n) is 11.4. The van der Waals surface area contributed by atoms with Gasteiger partial charge in [0.1, 0.15) is 6.61 Å². The summed E-state index contributed by atoms with van der Waals surface area (Å²) in [6.45, 7) is 0.736. The molecule has 0 aliphatic carbocycles. The van der Waals surface area contributed by atoms with Gasteiger partial charge in [0.25, 0.3) is 5.56 Å². The molecule has 1 atom stereocenters. The van der Waals surface area contributed by atoms with E-state index in [4.69, 9.17) is 24.9 Å². The second kappa shape index (κ2) is 7.46. The number of esters is 1. The van der Waals surface area contributed by atoms with Gasteiger partial charge < -0.3 is 34.9 Å². The van der Waals surface area contributed by atoms with Crippen molar-refractivity contribution in [3.63, 3.8) is 0 Å². The molecular weight excluding hydrogens is 464 g/mol. The Kier molecular flexibility index (Phi) is 4.31. The lowest BCUT2D eigenvalue weighted by molar-refractivity contribution is -0.157. The summed E-state index contributed by atoms with van der Waals surface area (Å²) in [4.78, 5) is 30.2. The maximum atomic E-state index is 13.4. The first kappa shape index (κ1) is 20.8. The van der Waals surface area contributed by atoms with Crippen LogP contribution in [0.5, 0.6) is 11.5 Å². The third-order valence-electron chi connectivity index (χ3n) is 6.95. The number of anilines is 2. The Morgan fingerprint density at radius 1 is 1.06 bits per heavy atom. The van der Waals surface area contributed by atoms with E-state index in [-0.39, 0.29) is 30.1 Å². The summed E-state index contributed by atoms with van der Waals surface area (Å²) in [5, 5.41) is 14.7. The van der Waals surface area contributed by atoms with Gasteiger partial charge >= 0.3 is 5.97 Å². The van der Waals surface area contributed by atoms with E-state index in [9.17, 15) is 14.7 Å². The predicted molar refractivity (Wildman–Crippen MR) is 130 cm³/mol. The largest absolute Gasteiger partial charge is 0.458 e. The standard InChI is InChI=1S/C26H20N4O6/c27-12-1-3-13(4-2-12)28-8-16-14-6-21-22(36-11-35-21)7-19(14)29-23-17(16)9-30-20(23)5-15-18(25(30)32)10-34-26(33)24(15)31/h1-7,24,28,31H,8-11,27H2/t24-/m0/s1. The van der Waals surface area contributed by atoms with Crippen molar-refractivity contribution >= 4 is 28.2 Å². The van der Waals surface area contributed by atoms with Gasteiger partial charge in [0.05, 0.1) is 29.0 Å². The van der Waals surface area contributed by atoms with Gasteiger partial charge in [-0.25, -0.2) is 9.78 Å². The second-order valence-electron chi connectivity index (χ2n) is 8.98. The van der Waals surface area contributed by atoms with Gasteiger partial charge in [0.15, 0.2) is 17.6 Å². The molecule has 0 unspecified atom stereocenters. The third kappa shape index (κ3) is 2.97. The molecule has 10 nitrogen and oxygen atoms in total.